The van der Waals surface area contributed by atoms with Crippen LogP contribution in [0.4, 0.5) is 18.9 Å². The maximum atomic E-state index is 12.7. The molecule has 1 aliphatic heterocycles. The molecule has 1 fully saturated rings. The molecule has 2 aliphatic rings. The minimum absolute atomic E-state index is 0.00241. The lowest BCUT2D eigenvalue weighted by molar-refractivity contribution is -0.142. The van der Waals surface area contributed by atoms with Crippen LogP contribution in [0, 0.1) is 5.92 Å². The second-order valence-electron chi connectivity index (χ2n) is 9.87. The van der Waals surface area contributed by atoms with Crippen molar-refractivity contribution in [2.45, 2.75) is 64.3 Å². The van der Waals surface area contributed by atoms with Crippen LogP contribution in [0.3, 0.4) is 0 Å². The molecule has 1 amide bonds. The molecule has 2 aromatic carbocycles. The van der Waals surface area contributed by atoms with Gasteiger partial charge in [0.05, 0.1) is 25.6 Å². The monoisotopic (exact) mass is 544 g/mol. The number of nitrogens with one attached hydrogen (secondary N) is 3. The summed E-state index contributed by atoms with van der Waals surface area (Å²) in [7, 11) is 0. The lowest BCUT2D eigenvalue weighted by Gasteiger charge is -2.31. The van der Waals surface area contributed by atoms with E-state index < -0.39 is 6.30 Å². The standard InChI is InChI=1S/C29H35F3N4O3/c1-2-39-27(37)16-17-33-28(38)23-10-8-20(9-11-23)19-36-26(22-6-4-3-5-7-22)18-25(35-36)21-12-14-24(15-13-21)34-29(30,31)32/h8-15,18,22,25,34-35H,2-7,16-17,19H2,1H3,(H,33,38). The minimum atomic E-state index is -4.48. The Morgan fingerprint density at radius 1 is 1.03 bits per heavy atom. The fourth-order valence-electron chi connectivity index (χ4n) is 5.10. The molecule has 0 saturated heterocycles. The predicted octanol–water partition coefficient (Wildman–Crippen LogP) is 5.83. The van der Waals surface area contributed by atoms with E-state index in [2.05, 4.69) is 21.8 Å². The van der Waals surface area contributed by atoms with Gasteiger partial charge in [-0.3, -0.25) is 14.9 Å². The Morgan fingerprint density at radius 2 is 1.72 bits per heavy atom. The first-order chi connectivity index (χ1) is 18.7. The van der Waals surface area contributed by atoms with Crippen molar-refractivity contribution >= 4 is 17.6 Å². The molecule has 4 rings (SSSR count). The van der Waals surface area contributed by atoms with Gasteiger partial charge in [0.1, 0.15) is 0 Å². The number of hydrogen-bond acceptors (Lipinski definition) is 6. The molecule has 0 aromatic heterocycles. The summed E-state index contributed by atoms with van der Waals surface area (Å²) in [5, 5.41) is 6.41. The van der Waals surface area contributed by atoms with E-state index in [4.69, 9.17) is 4.74 Å². The zero-order valence-electron chi connectivity index (χ0n) is 22.0. The molecule has 0 radical (unpaired) electrons. The highest BCUT2D eigenvalue weighted by Crippen LogP contribution is 2.37. The molecule has 210 valence electrons. The van der Waals surface area contributed by atoms with Crippen LogP contribution >= 0.6 is 0 Å². The highest BCUT2D eigenvalue weighted by Gasteiger charge is 2.31. The summed E-state index contributed by atoms with van der Waals surface area (Å²) < 4.78 is 42.8. The van der Waals surface area contributed by atoms with Gasteiger partial charge in [0.15, 0.2) is 0 Å². The number of carbonyl (C=O) groups excluding carboxylic acids is 2. The number of hydrazine groups is 1. The van der Waals surface area contributed by atoms with Crippen molar-refractivity contribution in [3.05, 3.63) is 77.0 Å². The van der Waals surface area contributed by atoms with E-state index in [0.717, 1.165) is 24.0 Å². The lowest BCUT2D eigenvalue weighted by Crippen LogP contribution is -2.35. The Hall–Kier alpha value is -3.53. The van der Waals surface area contributed by atoms with Crippen LogP contribution < -0.4 is 16.1 Å². The smallest absolute Gasteiger partial charge is 0.466 e. The normalized spacial score (nSPS) is 18.0. The maximum Gasteiger partial charge on any atom is 0.482 e. The van der Waals surface area contributed by atoms with Crippen LogP contribution in [0.25, 0.3) is 0 Å². The van der Waals surface area contributed by atoms with Gasteiger partial charge in [-0.1, -0.05) is 43.5 Å². The van der Waals surface area contributed by atoms with Crippen molar-refractivity contribution < 1.29 is 27.5 Å². The van der Waals surface area contributed by atoms with Crippen molar-refractivity contribution in [3.8, 4) is 0 Å². The molecule has 0 bridgehead atoms. The summed E-state index contributed by atoms with van der Waals surface area (Å²) in [5.74, 6) is -0.177. The van der Waals surface area contributed by atoms with Gasteiger partial charge >= 0.3 is 12.3 Å². The van der Waals surface area contributed by atoms with Gasteiger partial charge in [-0.15, -0.1) is 0 Å². The van der Waals surface area contributed by atoms with Gasteiger partial charge < -0.3 is 15.1 Å². The molecule has 1 aliphatic carbocycles. The number of halogens is 3. The minimum Gasteiger partial charge on any atom is -0.466 e. The van der Waals surface area contributed by atoms with Crippen LogP contribution in [-0.4, -0.2) is 36.3 Å². The molecule has 7 nitrogen and oxygen atoms in total. The molecule has 1 unspecified atom stereocenters. The van der Waals surface area contributed by atoms with Gasteiger partial charge in [-0.05, 0) is 61.2 Å². The summed E-state index contributed by atoms with van der Waals surface area (Å²) in [6.07, 6.45) is 3.64. The number of allylic oxidation sites excluding steroid dienone is 1. The number of hydrogen-bond donors (Lipinski definition) is 3. The third-order valence-corrected chi connectivity index (χ3v) is 7.00. The van der Waals surface area contributed by atoms with Gasteiger partial charge in [-0.2, -0.15) is 13.2 Å². The van der Waals surface area contributed by atoms with E-state index >= 15 is 0 Å². The predicted molar refractivity (Wildman–Crippen MR) is 142 cm³/mol. The molecular weight excluding hydrogens is 509 g/mol. The number of amides is 1. The molecule has 0 spiro atoms. The number of carbonyl (C=O) groups is 2. The quantitative estimate of drug-likeness (QED) is 0.258. The fourth-order valence-corrected chi connectivity index (χ4v) is 5.10. The van der Waals surface area contributed by atoms with E-state index in [9.17, 15) is 22.8 Å². The summed E-state index contributed by atoms with van der Waals surface area (Å²) in [4.78, 5) is 23.9. The fraction of sp³-hybridized carbons (Fsp3) is 0.448. The average molecular weight is 545 g/mol. The molecule has 3 N–H and O–H groups in total. The van der Waals surface area contributed by atoms with E-state index in [-0.39, 0.29) is 36.6 Å². The number of rotatable bonds is 10. The first-order valence-electron chi connectivity index (χ1n) is 13.4. The summed E-state index contributed by atoms with van der Waals surface area (Å²) in [6.45, 7) is 2.84. The Morgan fingerprint density at radius 3 is 2.36 bits per heavy atom. The van der Waals surface area contributed by atoms with E-state index in [0.29, 0.717) is 24.6 Å². The number of esters is 1. The maximum absolute atomic E-state index is 12.7. The van der Waals surface area contributed by atoms with Gasteiger partial charge in [-0.25, -0.2) is 5.43 Å². The number of alkyl halides is 3. The molecular formula is C29H35F3N4O3. The Balaban J connectivity index is 1.41. The second kappa shape index (κ2) is 13.0. The van der Waals surface area contributed by atoms with E-state index in [1.54, 1.807) is 31.2 Å². The van der Waals surface area contributed by atoms with Crippen LogP contribution in [0.1, 0.15) is 73.0 Å². The molecule has 10 heteroatoms. The topological polar surface area (TPSA) is 82.7 Å². The third kappa shape index (κ3) is 8.23. The number of anilines is 1. The van der Waals surface area contributed by atoms with E-state index in [1.807, 2.05) is 12.1 Å². The Bertz CT molecular complexity index is 1140. The van der Waals surface area contributed by atoms with Crippen LogP contribution in [0.2, 0.25) is 0 Å². The zero-order chi connectivity index (χ0) is 27.8. The van der Waals surface area contributed by atoms with Crippen LogP contribution in [0.15, 0.2) is 60.3 Å². The van der Waals surface area contributed by atoms with Crippen molar-refractivity contribution in [1.82, 2.24) is 15.8 Å². The van der Waals surface area contributed by atoms with Gasteiger partial charge in [0.25, 0.3) is 5.91 Å². The molecule has 39 heavy (non-hydrogen) atoms. The highest BCUT2D eigenvalue weighted by atomic mass is 19.4. The highest BCUT2D eigenvalue weighted by molar-refractivity contribution is 5.94. The third-order valence-electron chi connectivity index (χ3n) is 7.00. The summed E-state index contributed by atoms with van der Waals surface area (Å²) in [5.41, 5.74) is 7.14. The Kier molecular flexibility index (Phi) is 9.50. The van der Waals surface area contributed by atoms with Crippen molar-refractivity contribution in [3.63, 3.8) is 0 Å². The zero-order valence-corrected chi connectivity index (χ0v) is 22.0. The van der Waals surface area contributed by atoms with Crippen LogP contribution in [0.5, 0.6) is 0 Å². The number of benzene rings is 2. The first kappa shape index (κ1) is 28.5. The summed E-state index contributed by atoms with van der Waals surface area (Å²) in [6, 6.07) is 13.5. The Labute approximate surface area is 226 Å². The molecule has 1 heterocycles. The molecule has 1 atom stereocenters. The van der Waals surface area contributed by atoms with Crippen LogP contribution in [-0.2, 0) is 16.1 Å². The second-order valence-corrected chi connectivity index (χ2v) is 9.87. The van der Waals surface area contributed by atoms with E-state index in [1.165, 1.54) is 42.4 Å². The molecule has 1 saturated carbocycles. The van der Waals surface area contributed by atoms with Crippen molar-refractivity contribution in [2.24, 2.45) is 5.92 Å². The lowest BCUT2D eigenvalue weighted by atomic mass is 9.86. The average Bonchev–Trinajstić information content (AvgIpc) is 3.33. The number of nitrogens with zero attached hydrogens (tertiary/aromatic N) is 1. The largest absolute Gasteiger partial charge is 0.482 e. The van der Waals surface area contributed by atoms with Crippen molar-refractivity contribution in [1.29, 1.82) is 0 Å². The van der Waals surface area contributed by atoms with Gasteiger partial charge in [0, 0.05) is 29.4 Å². The SMILES string of the molecule is CCOC(=O)CCNC(=O)c1ccc(CN2NC(c3ccc(NC(F)(F)F)cc3)C=C2C2CCCCC2)cc1. The molecule has 2 aromatic rings. The summed E-state index contributed by atoms with van der Waals surface area (Å²) >= 11 is 0. The van der Waals surface area contributed by atoms with Gasteiger partial charge in [0.2, 0.25) is 0 Å². The number of ether oxygens (including phenoxy) is 1. The van der Waals surface area contributed by atoms with Crippen molar-refractivity contribution in [2.75, 3.05) is 18.5 Å². The first-order valence-corrected chi connectivity index (χ1v) is 13.4.